The molecule has 0 radical (unpaired) electrons. The fraction of sp³-hybridized carbons (Fsp3) is 0.833. The summed E-state index contributed by atoms with van der Waals surface area (Å²) in [5, 5.41) is 0. The summed E-state index contributed by atoms with van der Waals surface area (Å²) >= 11 is 0. The molecule has 6 heteroatoms. The van der Waals surface area contributed by atoms with Crippen molar-refractivity contribution in [2.24, 2.45) is 0 Å². The van der Waals surface area contributed by atoms with Gasteiger partial charge in [-0.05, 0) is 12.8 Å². The summed E-state index contributed by atoms with van der Waals surface area (Å²) in [4.78, 5) is 30.2. The fourth-order valence-corrected chi connectivity index (χ4v) is 2.33. The zero-order valence-electron chi connectivity index (χ0n) is 6.80. The van der Waals surface area contributed by atoms with Crippen LogP contribution in [0.1, 0.15) is 12.8 Å². The summed E-state index contributed by atoms with van der Waals surface area (Å²) in [5.41, 5.74) is -1.10. The molecule has 2 N–H and O–H groups in total. The minimum absolute atomic E-state index is 0.299. The van der Waals surface area contributed by atoms with Crippen LogP contribution in [-0.4, -0.2) is 39.8 Å². The van der Waals surface area contributed by atoms with Gasteiger partial charge in [0.2, 0.25) is 5.91 Å². The van der Waals surface area contributed by atoms with Crippen LogP contribution in [0.3, 0.4) is 0 Å². The molecule has 1 fully saturated rings. The van der Waals surface area contributed by atoms with E-state index >= 15 is 0 Å². The molecule has 1 atom stereocenters. The molecule has 0 bridgehead atoms. The van der Waals surface area contributed by atoms with Gasteiger partial charge in [-0.3, -0.25) is 9.36 Å². The monoisotopic (exact) mass is 193 g/mol. The Morgan fingerprint density at radius 2 is 2.17 bits per heavy atom. The molecule has 5 nitrogen and oxygen atoms in total. The molecule has 12 heavy (non-hydrogen) atoms. The van der Waals surface area contributed by atoms with Crippen LogP contribution >= 0.6 is 7.60 Å². The van der Waals surface area contributed by atoms with Crippen molar-refractivity contribution in [3.05, 3.63) is 0 Å². The Hall–Kier alpha value is -0.380. The number of rotatable bonds is 1. The van der Waals surface area contributed by atoms with E-state index in [0.29, 0.717) is 19.4 Å². The lowest BCUT2D eigenvalue weighted by molar-refractivity contribution is -0.131. The standard InChI is InChI=1S/C6H12NO4P/c1-7-4-2-3-5(6(7)8)12(9,10)11/h5H,2-4H2,1H3,(H2,9,10,11)/t5-/m0/s1. The number of likely N-dealkylation sites (tertiary alicyclic amines) is 1. The minimum atomic E-state index is -4.23. The lowest BCUT2D eigenvalue weighted by Gasteiger charge is -2.29. The van der Waals surface area contributed by atoms with Gasteiger partial charge in [-0.1, -0.05) is 0 Å². The van der Waals surface area contributed by atoms with Gasteiger partial charge in [-0.25, -0.2) is 0 Å². The number of carbonyl (C=O) groups excluding carboxylic acids is 1. The molecule has 1 amide bonds. The number of piperidine rings is 1. The van der Waals surface area contributed by atoms with E-state index in [4.69, 9.17) is 9.79 Å². The second-order valence-corrected chi connectivity index (χ2v) is 4.81. The molecule has 1 aliphatic heterocycles. The van der Waals surface area contributed by atoms with Crippen molar-refractivity contribution in [3.63, 3.8) is 0 Å². The second kappa shape index (κ2) is 3.17. The molecule has 0 aromatic heterocycles. The largest absolute Gasteiger partial charge is 0.345 e. The molecular weight excluding hydrogens is 181 g/mol. The normalized spacial score (nSPS) is 26.1. The Balaban J connectivity index is 2.78. The number of carbonyl (C=O) groups is 1. The van der Waals surface area contributed by atoms with Crippen molar-refractivity contribution in [2.45, 2.75) is 18.5 Å². The Morgan fingerprint density at radius 1 is 1.58 bits per heavy atom. The molecule has 1 saturated heterocycles. The highest BCUT2D eigenvalue weighted by molar-refractivity contribution is 7.53. The summed E-state index contributed by atoms with van der Waals surface area (Å²) in [6.07, 6.45) is 0.964. The van der Waals surface area contributed by atoms with Gasteiger partial charge in [-0.15, -0.1) is 0 Å². The molecule has 1 aliphatic rings. The van der Waals surface area contributed by atoms with Gasteiger partial charge in [-0.2, -0.15) is 0 Å². The summed E-state index contributed by atoms with van der Waals surface area (Å²) in [5.74, 6) is -0.436. The summed E-state index contributed by atoms with van der Waals surface area (Å²) in [6, 6.07) is 0. The first-order valence-corrected chi connectivity index (χ1v) is 5.41. The van der Waals surface area contributed by atoms with Crippen molar-refractivity contribution in [1.82, 2.24) is 4.90 Å². The van der Waals surface area contributed by atoms with Gasteiger partial charge in [0, 0.05) is 13.6 Å². The van der Waals surface area contributed by atoms with Gasteiger partial charge in [0.15, 0.2) is 0 Å². The Morgan fingerprint density at radius 3 is 2.58 bits per heavy atom. The molecule has 0 spiro atoms. The lowest BCUT2D eigenvalue weighted by atomic mass is 10.1. The predicted molar refractivity (Wildman–Crippen MR) is 42.7 cm³/mol. The average Bonchev–Trinajstić information content (AvgIpc) is 1.92. The van der Waals surface area contributed by atoms with Crippen LogP contribution in [0.5, 0.6) is 0 Å². The van der Waals surface area contributed by atoms with Gasteiger partial charge >= 0.3 is 7.60 Å². The fourth-order valence-electron chi connectivity index (χ4n) is 1.32. The maximum Gasteiger partial charge on any atom is 0.337 e. The number of nitrogens with zero attached hydrogens (tertiary/aromatic N) is 1. The van der Waals surface area contributed by atoms with Crippen molar-refractivity contribution >= 4 is 13.5 Å². The topological polar surface area (TPSA) is 77.8 Å². The first-order valence-electron chi connectivity index (χ1n) is 3.73. The van der Waals surface area contributed by atoms with E-state index in [1.807, 2.05) is 0 Å². The van der Waals surface area contributed by atoms with E-state index in [1.54, 1.807) is 7.05 Å². The Labute approximate surface area is 70.5 Å². The number of hydrogen-bond donors (Lipinski definition) is 2. The van der Waals surface area contributed by atoms with Crippen LogP contribution < -0.4 is 0 Å². The predicted octanol–water partition coefficient (Wildman–Crippen LogP) is -0.215. The number of amides is 1. The van der Waals surface area contributed by atoms with Crippen molar-refractivity contribution in [3.8, 4) is 0 Å². The maximum absolute atomic E-state index is 11.2. The molecule has 0 saturated carbocycles. The zero-order valence-corrected chi connectivity index (χ0v) is 7.70. The smallest absolute Gasteiger partial charge is 0.337 e. The van der Waals surface area contributed by atoms with E-state index in [1.165, 1.54) is 4.90 Å². The van der Waals surface area contributed by atoms with Crippen LogP contribution in [0, 0.1) is 0 Å². The van der Waals surface area contributed by atoms with Crippen LogP contribution in [0.15, 0.2) is 0 Å². The van der Waals surface area contributed by atoms with Gasteiger partial charge < -0.3 is 14.7 Å². The second-order valence-electron chi connectivity index (χ2n) is 3.01. The highest BCUT2D eigenvalue weighted by atomic mass is 31.2. The van der Waals surface area contributed by atoms with Gasteiger partial charge in [0.05, 0.1) is 0 Å². The highest BCUT2D eigenvalue weighted by Crippen LogP contribution is 2.45. The van der Waals surface area contributed by atoms with Crippen LogP contribution in [0.2, 0.25) is 0 Å². The molecule has 0 unspecified atom stereocenters. The Bertz CT molecular complexity index is 236. The molecule has 70 valence electrons. The summed E-state index contributed by atoms with van der Waals surface area (Å²) in [7, 11) is -2.67. The van der Waals surface area contributed by atoms with Crippen LogP contribution in [0.4, 0.5) is 0 Å². The zero-order chi connectivity index (χ0) is 9.35. The highest BCUT2D eigenvalue weighted by Gasteiger charge is 2.39. The molecule has 0 aliphatic carbocycles. The van der Waals surface area contributed by atoms with E-state index in [2.05, 4.69) is 0 Å². The first kappa shape index (κ1) is 9.71. The lowest BCUT2D eigenvalue weighted by Crippen LogP contribution is -2.41. The molecule has 0 aromatic rings. The maximum atomic E-state index is 11.2. The summed E-state index contributed by atoms with van der Waals surface area (Å²) in [6.45, 7) is 0.593. The first-order chi connectivity index (χ1) is 5.43. The SMILES string of the molecule is CN1CCC[C@H](P(=O)(O)O)C1=O. The third kappa shape index (κ3) is 1.86. The summed E-state index contributed by atoms with van der Waals surface area (Å²) < 4.78 is 10.8. The molecule has 0 aromatic carbocycles. The van der Waals surface area contributed by atoms with E-state index in [9.17, 15) is 9.36 Å². The third-order valence-corrected chi connectivity index (χ3v) is 3.33. The Kier molecular flexibility index (Phi) is 2.56. The van der Waals surface area contributed by atoms with E-state index in [0.717, 1.165) is 0 Å². The van der Waals surface area contributed by atoms with Gasteiger partial charge in [0.25, 0.3) is 0 Å². The van der Waals surface area contributed by atoms with Gasteiger partial charge in [0.1, 0.15) is 5.66 Å². The van der Waals surface area contributed by atoms with Crippen molar-refractivity contribution in [2.75, 3.05) is 13.6 Å². The van der Waals surface area contributed by atoms with Crippen molar-refractivity contribution in [1.29, 1.82) is 0 Å². The molecule has 1 heterocycles. The molecular formula is C6H12NO4P. The van der Waals surface area contributed by atoms with Crippen LogP contribution in [-0.2, 0) is 9.36 Å². The quantitative estimate of drug-likeness (QED) is 0.564. The van der Waals surface area contributed by atoms with Crippen molar-refractivity contribution < 1.29 is 19.1 Å². The number of hydrogen-bond acceptors (Lipinski definition) is 2. The molecule has 1 rings (SSSR count). The third-order valence-electron chi connectivity index (χ3n) is 2.04. The minimum Gasteiger partial charge on any atom is -0.345 e. The van der Waals surface area contributed by atoms with Crippen LogP contribution in [0.25, 0.3) is 0 Å². The van der Waals surface area contributed by atoms with E-state index < -0.39 is 19.2 Å². The van der Waals surface area contributed by atoms with E-state index in [-0.39, 0.29) is 0 Å². The average molecular weight is 193 g/mol.